The molecule has 2 heterocycles. The van der Waals surface area contributed by atoms with Crippen molar-refractivity contribution in [3.8, 4) is 0 Å². The molecule has 2 aromatic carbocycles. The Bertz CT molecular complexity index is 1230. The summed E-state index contributed by atoms with van der Waals surface area (Å²) in [5.74, 6) is 0.0458. The van der Waals surface area contributed by atoms with Crippen molar-refractivity contribution in [1.29, 1.82) is 0 Å². The van der Waals surface area contributed by atoms with Crippen LogP contribution in [-0.2, 0) is 26.3 Å². The van der Waals surface area contributed by atoms with Gasteiger partial charge in [0.05, 0.1) is 12.2 Å². The number of fused-ring (bicyclic) bond motifs is 3. The quantitative estimate of drug-likeness (QED) is 0.592. The number of carbonyl (C=O) groups excluding carboxylic acids is 2. The Morgan fingerprint density at radius 3 is 2.53 bits per heavy atom. The van der Waals surface area contributed by atoms with E-state index in [1.165, 1.54) is 4.31 Å². The summed E-state index contributed by atoms with van der Waals surface area (Å²) in [5.41, 5.74) is 4.33. The Labute approximate surface area is 184 Å². The SMILES string of the molecule is Cc1cc(NS(=O)(=O)N2Cc3[nH]c4ccc(Cl)cc4c3C(C)C2)ccc1Cl.O=C=O. The topological polar surface area (TPSA) is 99.3 Å². The molecule has 158 valence electrons. The van der Waals surface area contributed by atoms with Gasteiger partial charge in [0.25, 0.3) is 0 Å². The number of aromatic nitrogens is 1. The molecule has 0 bridgehead atoms. The van der Waals surface area contributed by atoms with Crippen LogP contribution >= 0.6 is 23.2 Å². The van der Waals surface area contributed by atoms with Crippen LogP contribution in [0.3, 0.4) is 0 Å². The number of anilines is 1. The largest absolute Gasteiger partial charge is 0.373 e. The Morgan fingerprint density at radius 2 is 1.87 bits per heavy atom. The lowest BCUT2D eigenvalue weighted by Gasteiger charge is -2.30. The highest BCUT2D eigenvalue weighted by atomic mass is 35.5. The number of nitrogens with zero attached hydrogens (tertiary/aromatic N) is 1. The van der Waals surface area contributed by atoms with Crippen LogP contribution in [0.15, 0.2) is 36.4 Å². The molecule has 0 saturated heterocycles. The van der Waals surface area contributed by atoms with Crippen molar-refractivity contribution in [1.82, 2.24) is 9.29 Å². The van der Waals surface area contributed by atoms with Crippen molar-refractivity contribution < 1.29 is 18.0 Å². The van der Waals surface area contributed by atoms with Crippen LogP contribution in [0.4, 0.5) is 5.69 Å². The Kier molecular flexibility index (Phi) is 6.55. The normalized spacial score (nSPS) is 16.3. The number of benzene rings is 2. The van der Waals surface area contributed by atoms with Gasteiger partial charge in [-0.15, -0.1) is 0 Å². The maximum absolute atomic E-state index is 12.9. The Hall–Kier alpha value is -2.35. The molecule has 0 saturated carbocycles. The van der Waals surface area contributed by atoms with Crippen molar-refractivity contribution in [2.24, 2.45) is 0 Å². The molecule has 4 rings (SSSR count). The van der Waals surface area contributed by atoms with Gasteiger partial charge in [-0.25, -0.2) is 0 Å². The van der Waals surface area contributed by atoms with Gasteiger partial charge in [0.2, 0.25) is 0 Å². The van der Waals surface area contributed by atoms with Gasteiger partial charge in [-0.05, 0) is 60.4 Å². The van der Waals surface area contributed by atoms with Crippen molar-refractivity contribution in [3.05, 3.63) is 63.3 Å². The molecular weight excluding hydrogens is 449 g/mol. The van der Waals surface area contributed by atoms with E-state index in [0.717, 1.165) is 27.7 Å². The van der Waals surface area contributed by atoms with E-state index < -0.39 is 10.2 Å². The fourth-order valence-electron chi connectivity index (χ4n) is 3.67. The van der Waals surface area contributed by atoms with Gasteiger partial charge < -0.3 is 4.98 Å². The predicted octanol–water partition coefficient (Wildman–Crippen LogP) is 4.48. The van der Waals surface area contributed by atoms with Crippen LogP contribution in [0.1, 0.15) is 29.7 Å². The van der Waals surface area contributed by atoms with Gasteiger partial charge in [-0.3, -0.25) is 4.72 Å². The minimum atomic E-state index is -3.69. The third-order valence-electron chi connectivity index (χ3n) is 4.93. The van der Waals surface area contributed by atoms with Crippen LogP contribution in [0.25, 0.3) is 10.9 Å². The molecular formula is C20H19Cl2N3O4S. The highest BCUT2D eigenvalue weighted by molar-refractivity contribution is 7.90. The second kappa shape index (κ2) is 8.79. The Morgan fingerprint density at radius 1 is 1.17 bits per heavy atom. The molecule has 7 nitrogen and oxygen atoms in total. The lowest BCUT2D eigenvalue weighted by atomic mass is 9.95. The van der Waals surface area contributed by atoms with E-state index in [-0.39, 0.29) is 18.6 Å². The van der Waals surface area contributed by atoms with Crippen molar-refractivity contribution in [3.63, 3.8) is 0 Å². The molecule has 0 fully saturated rings. The molecule has 1 atom stereocenters. The number of hydrogen-bond donors (Lipinski definition) is 2. The predicted molar refractivity (Wildman–Crippen MR) is 116 cm³/mol. The minimum Gasteiger partial charge on any atom is -0.357 e. The Balaban J connectivity index is 0.000000806. The van der Waals surface area contributed by atoms with E-state index in [9.17, 15) is 8.42 Å². The first-order chi connectivity index (χ1) is 14.2. The van der Waals surface area contributed by atoms with E-state index in [1.807, 2.05) is 32.0 Å². The second-order valence-electron chi connectivity index (χ2n) is 7.06. The summed E-state index contributed by atoms with van der Waals surface area (Å²) in [7, 11) is -3.69. The van der Waals surface area contributed by atoms with Crippen LogP contribution in [-0.4, -0.2) is 30.4 Å². The first kappa shape index (κ1) is 22.3. The number of rotatable bonds is 3. The zero-order valence-corrected chi connectivity index (χ0v) is 18.5. The minimum absolute atomic E-state index is 0.0458. The van der Waals surface area contributed by atoms with Gasteiger partial charge in [0.15, 0.2) is 0 Å². The molecule has 2 N–H and O–H groups in total. The number of nitrogens with one attached hydrogen (secondary N) is 2. The summed E-state index contributed by atoms with van der Waals surface area (Å²) >= 11 is 12.2. The zero-order chi connectivity index (χ0) is 22.1. The molecule has 1 aliphatic rings. The van der Waals surface area contributed by atoms with Crippen LogP contribution in [0.2, 0.25) is 10.0 Å². The molecule has 0 aliphatic carbocycles. The van der Waals surface area contributed by atoms with Crippen molar-refractivity contribution >= 4 is 56.2 Å². The number of aromatic amines is 1. The van der Waals surface area contributed by atoms with Crippen LogP contribution in [0.5, 0.6) is 0 Å². The molecule has 1 aromatic heterocycles. The summed E-state index contributed by atoms with van der Waals surface area (Å²) < 4.78 is 30.0. The third-order valence-corrected chi connectivity index (χ3v) is 7.04. The number of aryl methyl sites for hydroxylation is 1. The van der Waals surface area contributed by atoms with Gasteiger partial charge in [0.1, 0.15) is 0 Å². The van der Waals surface area contributed by atoms with E-state index in [1.54, 1.807) is 18.2 Å². The van der Waals surface area contributed by atoms with Crippen molar-refractivity contribution in [2.45, 2.75) is 26.3 Å². The van der Waals surface area contributed by atoms with Crippen molar-refractivity contribution in [2.75, 3.05) is 11.3 Å². The fourth-order valence-corrected chi connectivity index (χ4v) is 5.23. The monoisotopic (exact) mass is 467 g/mol. The van der Waals surface area contributed by atoms with Gasteiger partial charge in [-0.2, -0.15) is 22.3 Å². The smallest absolute Gasteiger partial charge is 0.357 e. The highest BCUT2D eigenvalue weighted by Gasteiger charge is 2.33. The lowest BCUT2D eigenvalue weighted by Crippen LogP contribution is -2.40. The molecule has 3 aromatic rings. The van der Waals surface area contributed by atoms with E-state index in [4.69, 9.17) is 32.8 Å². The molecule has 0 spiro atoms. The standard InChI is InChI=1S/C19H19Cl2N3O2S.CO2/c1-11-7-14(4-5-16(11)21)23-27(25,26)24-9-12(2)19-15-8-13(20)3-6-17(15)22-18(19)10-24;2-1-3/h3-8,12,22-23H,9-10H2,1-2H3;. The summed E-state index contributed by atoms with van der Waals surface area (Å²) in [6.45, 7) is 4.55. The third kappa shape index (κ3) is 4.53. The molecule has 0 radical (unpaired) electrons. The summed E-state index contributed by atoms with van der Waals surface area (Å²) in [5, 5.41) is 2.33. The first-order valence-corrected chi connectivity index (χ1v) is 11.2. The summed E-state index contributed by atoms with van der Waals surface area (Å²) in [6, 6.07) is 10.8. The lowest BCUT2D eigenvalue weighted by molar-refractivity contribution is -0.191. The molecule has 1 aliphatic heterocycles. The highest BCUT2D eigenvalue weighted by Crippen LogP contribution is 2.36. The van der Waals surface area contributed by atoms with Gasteiger partial charge >= 0.3 is 16.4 Å². The average Bonchev–Trinajstić information content (AvgIpc) is 3.03. The summed E-state index contributed by atoms with van der Waals surface area (Å²) in [6.07, 6.45) is 0.250. The number of hydrogen-bond acceptors (Lipinski definition) is 4. The van der Waals surface area contributed by atoms with E-state index >= 15 is 0 Å². The van der Waals surface area contributed by atoms with Crippen LogP contribution in [0, 0.1) is 6.92 Å². The van der Waals surface area contributed by atoms with E-state index in [2.05, 4.69) is 9.71 Å². The molecule has 0 amide bonds. The molecule has 1 unspecified atom stereocenters. The van der Waals surface area contributed by atoms with E-state index in [0.29, 0.717) is 22.3 Å². The average molecular weight is 468 g/mol. The fraction of sp³-hybridized carbons (Fsp3) is 0.250. The zero-order valence-electron chi connectivity index (χ0n) is 16.2. The molecule has 10 heteroatoms. The molecule has 30 heavy (non-hydrogen) atoms. The number of halogens is 2. The van der Waals surface area contributed by atoms with Crippen LogP contribution < -0.4 is 4.72 Å². The van der Waals surface area contributed by atoms with Gasteiger partial charge in [0, 0.05) is 33.2 Å². The summed E-state index contributed by atoms with van der Waals surface area (Å²) in [4.78, 5) is 19.6. The second-order valence-corrected chi connectivity index (χ2v) is 9.57. The maximum atomic E-state index is 12.9. The number of H-pyrrole nitrogens is 1. The maximum Gasteiger partial charge on any atom is 0.373 e. The first-order valence-electron chi connectivity index (χ1n) is 8.99. The van der Waals surface area contributed by atoms with Gasteiger partial charge in [-0.1, -0.05) is 30.1 Å².